The van der Waals surface area contributed by atoms with Crippen LogP contribution in [0, 0.1) is 0 Å². The Hall–Kier alpha value is -2.09. The van der Waals surface area contributed by atoms with Gasteiger partial charge in [0, 0.05) is 6.54 Å². The number of ether oxygens (including phenoxy) is 2. The largest absolute Gasteiger partial charge is 0.459 e. The molecule has 1 fully saturated rings. The fourth-order valence-corrected chi connectivity index (χ4v) is 4.07. The normalized spacial score (nSPS) is 19.9. The molecule has 5 nitrogen and oxygen atoms in total. The molecule has 29 heavy (non-hydrogen) atoms. The van der Waals surface area contributed by atoms with E-state index in [0.29, 0.717) is 13.0 Å². The van der Waals surface area contributed by atoms with Crippen molar-refractivity contribution in [2.24, 2.45) is 0 Å². The van der Waals surface area contributed by atoms with Gasteiger partial charge in [-0.2, -0.15) is 0 Å². The first-order valence-electron chi connectivity index (χ1n) is 9.94. The van der Waals surface area contributed by atoms with Crippen LogP contribution in [0.2, 0.25) is 0 Å². The summed E-state index contributed by atoms with van der Waals surface area (Å²) in [6, 6.07) is 19.2. The predicted molar refractivity (Wildman–Crippen MR) is 120 cm³/mol. The van der Waals surface area contributed by atoms with Gasteiger partial charge in [0.05, 0.1) is 6.04 Å². The van der Waals surface area contributed by atoms with E-state index in [1.807, 2.05) is 67.6 Å². The van der Waals surface area contributed by atoms with Gasteiger partial charge in [-0.05, 0) is 30.4 Å². The maximum atomic E-state index is 13.1. The Morgan fingerprint density at radius 1 is 1.10 bits per heavy atom. The Labute approximate surface area is 185 Å². The van der Waals surface area contributed by atoms with Gasteiger partial charge in [0.2, 0.25) is 0 Å². The molecule has 0 aliphatic carbocycles. The number of nitrogens with zero attached hydrogens (tertiary/aromatic N) is 1. The van der Waals surface area contributed by atoms with Crippen molar-refractivity contribution in [2.45, 2.75) is 55.4 Å². The summed E-state index contributed by atoms with van der Waals surface area (Å²) >= 11 is 2.12. The number of hydrogen-bond donors (Lipinski definition) is 0. The lowest BCUT2D eigenvalue weighted by molar-refractivity contribution is -0.156. The molecule has 1 heterocycles. The Kier molecular flexibility index (Phi) is 7.91. The zero-order valence-electron chi connectivity index (χ0n) is 16.5. The molecule has 0 bridgehead atoms. The molecule has 2 aromatic rings. The number of carbonyl (C=O) groups is 2. The molecule has 0 spiro atoms. The highest BCUT2D eigenvalue weighted by atomic mass is 127. The summed E-state index contributed by atoms with van der Waals surface area (Å²) < 4.78 is 11.2. The van der Waals surface area contributed by atoms with Gasteiger partial charge in [0.1, 0.15) is 16.6 Å². The summed E-state index contributed by atoms with van der Waals surface area (Å²) in [6.45, 7) is 2.63. The summed E-state index contributed by atoms with van der Waals surface area (Å²) in [7, 11) is 0. The highest BCUT2D eigenvalue weighted by molar-refractivity contribution is 14.1. The number of carbonyl (C=O) groups excluding carboxylic acids is 2. The molecule has 1 saturated heterocycles. The summed E-state index contributed by atoms with van der Waals surface area (Å²) in [6.07, 6.45) is 1.48. The third kappa shape index (κ3) is 5.95. The van der Waals surface area contributed by atoms with E-state index in [0.717, 1.165) is 24.0 Å². The van der Waals surface area contributed by atoms with Crippen LogP contribution in [-0.2, 0) is 27.4 Å². The van der Waals surface area contributed by atoms with Crippen LogP contribution in [0.4, 0.5) is 4.79 Å². The second-order valence-corrected chi connectivity index (χ2v) is 8.65. The van der Waals surface area contributed by atoms with Crippen LogP contribution in [0.15, 0.2) is 60.7 Å². The SMILES string of the molecule is CCC([C@@H]1CCC(I)C(=O)O1)N(Cc1ccccc1)C(=O)OCc1ccccc1. The summed E-state index contributed by atoms with van der Waals surface area (Å²) in [5.74, 6) is -0.197. The number of halogens is 1. The minimum atomic E-state index is -0.391. The van der Waals surface area contributed by atoms with Gasteiger partial charge < -0.3 is 9.47 Å². The smallest absolute Gasteiger partial charge is 0.410 e. The number of rotatable bonds is 7. The Morgan fingerprint density at radius 3 is 2.31 bits per heavy atom. The number of alkyl halides is 1. The minimum Gasteiger partial charge on any atom is -0.459 e. The van der Waals surface area contributed by atoms with Crippen LogP contribution >= 0.6 is 22.6 Å². The van der Waals surface area contributed by atoms with Crippen LogP contribution in [0.5, 0.6) is 0 Å². The molecule has 3 rings (SSSR count). The fraction of sp³-hybridized carbons (Fsp3) is 0.391. The van der Waals surface area contributed by atoms with E-state index in [1.165, 1.54) is 0 Å². The molecular formula is C23H26INO4. The van der Waals surface area contributed by atoms with Crippen molar-refractivity contribution in [3.8, 4) is 0 Å². The van der Waals surface area contributed by atoms with Crippen molar-refractivity contribution >= 4 is 34.7 Å². The van der Waals surface area contributed by atoms with Gasteiger partial charge in [0.25, 0.3) is 0 Å². The Balaban J connectivity index is 1.77. The molecular weight excluding hydrogens is 481 g/mol. The highest BCUT2D eigenvalue weighted by Crippen LogP contribution is 2.28. The average Bonchev–Trinajstić information content (AvgIpc) is 2.75. The van der Waals surface area contributed by atoms with E-state index >= 15 is 0 Å². The van der Waals surface area contributed by atoms with Gasteiger partial charge in [0.15, 0.2) is 0 Å². The number of benzene rings is 2. The molecule has 2 unspecified atom stereocenters. The van der Waals surface area contributed by atoms with Crippen LogP contribution in [0.3, 0.4) is 0 Å². The van der Waals surface area contributed by atoms with Crippen LogP contribution < -0.4 is 0 Å². The molecule has 154 valence electrons. The molecule has 1 aliphatic heterocycles. The molecule has 0 saturated carbocycles. The zero-order chi connectivity index (χ0) is 20.6. The molecule has 1 aliphatic rings. The topological polar surface area (TPSA) is 55.8 Å². The van der Waals surface area contributed by atoms with Crippen molar-refractivity contribution in [2.75, 3.05) is 0 Å². The van der Waals surface area contributed by atoms with Gasteiger partial charge >= 0.3 is 12.1 Å². The molecule has 0 radical (unpaired) electrons. The molecule has 6 heteroatoms. The van der Waals surface area contributed by atoms with Crippen molar-refractivity contribution in [1.29, 1.82) is 0 Å². The zero-order valence-corrected chi connectivity index (χ0v) is 18.7. The van der Waals surface area contributed by atoms with E-state index in [-0.39, 0.29) is 28.6 Å². The summed E-state index contributed by atoms with van der Waals surface area (Å²) in [4.78, 5) is 26.9. The fourth-order valence-electron chi connectivity index (χ4n) is 3.56. The van der Waals surface area contributed by atoms with E-state index in [2.05, 4.69) is 22.6 Å². The maximum absolute atomic E-state index is 13.1. The maximum Gasteiger partial charge on any atom is 0.410 e. The van der Waals surface area contributed by atoms with E-state index in [4.69, 9.17) is 9.47 Å². The second-order valence-electron chi connectivity index (χ2n) is 7.15. The lowest BCUT2D eigenvalue weighted by atomic mass is 9.98. The number of cyclic esters (lactones) is 1. The number of hydrogen-bond acceptors (Lipinski definition) is 4. The average molecular weight is 507 g/mol. The van der Waals surface area contributed by atoms with Crippen molar-refractivity contribution < 1.29 is 19.1 Å². The van der Waals surface area contributed by atoms with Gasteiger partial charge in [-0.3, -0.25) is 9.69 Å². The second kappa shape index (κ2) is 10.6. The summed E-state index contributed by atoms with van der Waals surface area (Å²) in [5.41, 5.74) is 1.95. The quantitative estimate of drug-likeness (QED) is 0.297. The van der Waals surface area contributed by atoms with Crippen molar-refractivity contribution in [3.63, 3.8) is 0 Å². The standard InChI is InChI=1S/C23H26INO4/c1-2-20(21-14-13-19(24)22(26)29-21)25(15-17-9-5-3-6-10-17)23(27)28-16-18-11-7-4-8-12-18/h3-12,19-21H,2,13-16H2,1H3/t19?,20?,21-/m0/s1. The lowest BCUT2D eigenvalue weighted by Crippen LogP contribution is -2.50. The predicted octanol–water partition coefficient (Wildman–Crippen LogP) is 5.11. The monoisotopic (exact) mass is 507 g/mol. The molecule has 1 amide bonds. The van der Waals surface area contributed by atoms with Crippen LogP contribution in [0.1, 0.15) is 37.3 Å². The molecule has 2 aromatic carbocycles. The van der Waals surface area contributed by atoms with E-state index in [1.54, 1.807) is 4.90 Å². The molecule has 3 atom stereocenters. The van der Waals surface area contributed by atoms with Crippen molar-refractivity contribution in [1.82, 2.24) is 4.90 Å². The van der Waals surface area contributed by atoms with Gasteiger partial charge in [-0.25, -0.2) is 4.79 Å². The Bertz CT molecular complexity index is 799. The van der Waals surface area contributed by atoms with Gasteiger partial charge in [-0.1, -0.05) is 90.2 Å². The Morgan fingerprint density at radius 2 is 1.72 bits per heavy atom. The third-order valence-electron chi connectivity index (χ3n) is 5.11. The van der Waals surface area contributed by atoms with Gasteiger partial charge in [-0.15, -0.1) is 0 Å². The molecule has 0 aromatic heterocycles. The van der Waals surface area contributed by atoms with Crippen molar-refractivity contribution in [3.05, 3.63) is 71.8 Å². The summed E-state index contributed by atoms with van der Waals surface area (Å²) in [5, 5.41) is 0. The van der Waals surface area contributed by atoms with Crippen LogP contribution in [0.25, 0.3) is 0 Å². The number of esters is 1. The van der Waals surface area contributed by atoms with E-state index < -0.39 is 6.09 Å². The third-order valence-corrected chi connectivity index (χ3v) is 6.24. The number of amides is 1. The van der Waals surface area contributed by atoms with E-state index in [9.17, 15) is 9.59 Å². The first-order chi connectivity index (χ1) is 14.1. The lowest BCUT2D eigenvalue weighted by Gasteiger charge is -2.38. The highest BCUT2D eigenvalue weighted by Gasteiger charge is 2.37. The minimum absolute atomic E-state index is 0.117. The first-order valence-corrected chi connectivity index (χ1v) is 11.2. The molecule has 0 N–H and O–H groups in total. The van der Waals surface area contributed by atoms with Crippen LogP contribution in [-0.4, -0.2) is 33.0 Å². The first kappa shape index (κ1) is 21.6.